The lowest BCUT2D eigenvalue weighted by atomic mass is 10.0. The number of hydrogen-bond acceptors (Lipinski definition) is 5. The Morgan fingerprint density at radius 2 is 1.81 bits per heavy atom. The Hall–Kier alpha value is -2.71. The molecular weight excluding hydrogens is 346 g/mol. The molecule has 2 aromatic heterocycles. The number of benzene rings is 1. The average molecular weight is 371 g/mol. The molecular formula is C19H25N5O3. The Kier molecular flexibility index (Phi) is 5.29. The minimum absolute atomic E-state index is 0.102. The number of fused-ring (bicyclic) bond motifs is 1. The van der Waals surface area contributed by atoms with E-state index in [4.69, 9.17) is 0 Å². The smallest absolute Gasteiger partial charge is 0.332 e. The van der Waals surface area contributed by atoms with Gasteiger partial charge in [-0.25, -0.2) is 9.78 Å². The molecule has 0 aliphatic rings. The van der Waals surface area contributed by atoms with Gasteiger partial charge in [-0.05, 0) is 19.5 Å². The van der Waals surface area contributed by atoms with Crippen LogP contribution in [0.15, 0.2) is 46.2 Å². The van der Waals surface area contributed by atoms with Crippen LogP contribution in [0.3, 0.4) is 0 Å². The number of aliphatic hydroxyl groups excluding tert-OH is 1. The van der Waals surface area contributed by atoms with E-state index >= 15 is 0 Å². The Labute approximate surface area is 156 Å². The van der Waals surface area contributed by atoms with Crippen molar-refractivity contribution in [2.45, 2.75) is 25.6 Å². The molecule has 0 fully saturated rings. The number of aliphatic hydroxyl groups is 1. The van der Waals surface area contributed by atoms with E-state index in [0.717, 1.165) is 10.1 Å². The van der Waals surface area contributed by atoms with Crippen LogP contribution < -0.4 is 11.2 Å². The zero-order valence-electron chi connectivity index (χ0n) is 16.0. The number of imidazole rings is 1. The monoisotopic (exact) mass is 371 g/mol. The first kappa shape index (κ1) is 19.1. The topological polar surface area (TPSA) is 85.3 Å². The summed E-state index contributed by atoms with van der Waals surface area (Å²) in [7, 11) is 5.00. The molecule has 3 aromatic rings. The van der Waals surface area contributed by atoms with Crippen LogP contribution in [0.1, 0.15) is 18.6 Å². The number of aromatic nitrogens is 4. The normalized spacial score (nSPS) is 14.0. The van der Waals surface area contributed by atoms with E-state index in [1.54, 1.807) is 17.9 Å². The van der Waals surface area contributed by atoms with Crippen molar-refractivity contribution in [3.05, 3.63) is 63.1 Å². The molecule has 0 aliphatic heterocycles. The lowest BCUT2D eigenvalue weighted by Gasteiger charge is -2.29. The molecule has 27 heavy (non-hydrogen) atoms. The van der Waals surface area contributed by atoms with Crippen molar-refractivity contribution >= 4 is 11.2 Å². The molecule has 8 nitrogen and oxygen atoms in total. The Morgan fingerprint density at radius 1 is 1.15 bits per heavy atom. The maximum atomic E-state index is 12.5. The standard InChI is InChI=1S/C19H25N5O3/c1-13(16(25)14-8-6-5-7-9-14)21(2)10-11-24-12-20-17-15(24)18(26)23(4)19(27)22(17)3/h5-9,12-13,16,25H,10-11H2,1-4H3/t13-,16+/m1/s1. The quantitative estimate of drug-likeness (QED) is 0.682. The number of hydrogen-bond donors (Lipinski definition) is 1. The second kappa shape index (κ2) is 7.50. The van der Waals surface area contributed by atoms with Crippen LogP contribution in [-0.4, -0.2) is 48.3 Å². The van der Waals surface area contributed by atoms with E-state index in [1.165, 1.54) is 11.6 Å². The third kappa shape index (κ3) is 3.45. The Bertz CT molecular complexity index is 1050. The molecule has 0 unspecified atom stereocenters. The minimum Gasteiger partial charge on any atom is -0.387 e. The SMILES string of the molecule is C[C@H]([C@H](O)c1ccccc1)N(C)CCn1cnc2c1c(=O)n(C)c(=O)n2C. The van der Waals surface area contributed by atoms with Crippen molar-refractivity contribution in [1.29, 1.82) is 0 Å². The molecule has 0 saturated heterocycles. The van der Waals surface area contributed by atoms with Gasteiger partial charge in [0.25, 0.3) is 5.56 Å². The van der Waals surface area contributed by atoms with Crippen LogP contribution in [0.2, 0.25) is 0 Å². The molecule has 0 bridgehead atoms. The highest BCUT2D eigenvalue weighted by Crippen LogP contribution is 2.19. The molecule has 2 atom stereocenters. The Morgan fingerprint density at radius 3 is 2.48 bits per heavy atom. The predicted molar refractivity (Wildman–Crippen MR) is 104 cm³/mol. The summed E-state index contributed by atoms with van der Waals surface area (Å²) in [6.07, 6.45) is 0.974. The second-order valence-corrected chi connectivity index (χ2v) is 6.89. The number of likely N-dealkylation sites (N-methyl/N-ethyl adjacent to an activating group) is 1. The van der Waals surface area contributed by atoms with Gasteiger partial charge in [0.1, 0.15) is 0 Å². The first-order valence-corrected chi connectivity index (χ1v) is 8.87. The highest BCUT2D eigenvalue weighted by atomic mass is 16.3. The lowest BCUT2D eigenvalue weighted by Crippen LogP contribution is -2.38. The van der Waals surface area contributed by atoms with Gasteiger partial charge in [-0.15, -0.1) is 0 Å². The van der Waals surface area contributed by atoms with Crippen molar-refractivity contribution in [3.8, 4) is 0 Å². The van der Waals surface area contributed by atoms with E-state index in [1.807, 2.05) is 49.2 Å². The second-order valence-electron chi connectivity index (χ2n) is 6.89. The molecule has 3 rings (SSSR count). The third-order valence-corrected chi connectivity index (χ3v) is 5.20. The number of rotatable bonds is 6. The van der Waals surface area contributed by atoms with Gasteiger partial charge in [-0.1, -0.05) is 30.3 Å². The lowest BCUT2D eigenvalue weighted by molar-refractivity contribution is 0.0710. The molecule has 0 amide bonds. The summed E-state index contributed by atoms with van der Waals surface area (Å²) < 4.78 is 4.22. The predicted octanol–water partition coefficient (Wildman–Crippen LogP) is 0.488. The van der Waals surface area contributed by atoms with Crippen LogP contribution >= 0.6 is 0 Å². The molecule has 0 radical (unpaired) electrons. The number of aryl methyl sites for hydroxylation is 1. The zero-order valence-corrected chi connectivity index (χ0v) is 16.0. The summed E-state index contributed by atoms with van der Waals surface area (Å²) in [5.74, 6) is 0. The maximum absolute atomic E-state index is 12.5. The van der Waals surface area contributed by atoms with E-state index < -0.39 is 11.8 Å². The Balaban J connectivity index is 1.79. The van der Waals surface area contributed by atoms with Crippen LogP contribution in [0.25, 0.3) is 11.2 Å². The summed E-state index contributed by atoms with van der Waals surface area (Å²) in [5, 5.41) is 10.6. The van der Waals surface area contributed by atoms with Gasteiger partial charge < -0.3 is 9.67 Å². The molecule has 0 spiro atoms. The first-order valence-electron chi connectivity index (χ1n) is 8.87. The van der Waals surface area contributed by atoms with Crippen LogP contribution in [-0.2, 0) is 20.6 Å². The fourth-order valence-electron chi connectivity index (χ4n) is 3.21. The summed E-state index contributed by atoms with van der Waals surface area (Å²) >= 11 is 0. The van der Waals surface area contributed by atoms with Crippen molar-refractivity contribution in [2.24, 2.45) is 14.1 Å². The first-order chi connectivity index (χ1) is 12.8. The molecule has 0 saturated carbocycles. The van der Waals surface area contributed by atoms with Gasteiger partial charge in [0.15, 0.2) is 11.2 Å². The van der Waals surface area contributed by atoms with Crippen molar-refractivity contribution in [1.82, 2.24) is 23.6 Å². The molecule has 8 heteroatoms. The summed E-state index contributed by atoms with van der Waals surface area (Å²) in [6.45, 7) is 3.10. The van der Waals surface area contributed by atoms with Gasteiger partial charge in [-0.3, -0.25) is 18.8 Å². The van der Waals surface area contributed by atoms with Gasteiger partial charge in [0, 0.05) is 33.2 Å². The van der Waals surface area contributed by atoms with Gasteiger partial charge in [-0.2, -0.15) is 0 Å². The van der Waals surface area contributed by atoms with Crippen molar-refractivity contribution < 1.29 is 5.11 Å². The van der Waals surface area contributed by atoms with Gasteiger partial charge >= 0.3 is 5.69 Å². The zero-order chi connectivity index (χ0) is 19.7. The molecule has 1 aromatic carbocycles. The molecule has 2 heterocycles. The van der Waals surface area contributed by atoms with Crippen LogP contribution in [0.4, 0.5) is 0 Å². The fourth-order valence-corrected chi connectivity index (χ4v) is 3.21. The maximum Gasteiger partial charge on any atom is 0.332 e. The molecule has 1 N–H and O–H groups in total. The summed E-state index contributed by atoms with van der Waals surface area (Å²) in [6, 6.07) is 9.44. The third-order valence-electron chi connectivity index (χ3n) is 5.20. The summed E-state index contributed by atoms with van der Waals surface area (Å²) in [4.78, 5) is 30.8. The van der Waals surface area contributed by atoms with E-state index in [9.17, 15) is 14.7 Å². The van der Waals surface area contributed by atoms with E-state index in [2.05, 4.69) is 4.98 Å². The largest absolute Gasteiger partial charge is 0.387 e. The van der Waals surface area contributed by atoms with Crippen molar-refractivity contribution in [2.75, 3.05) is 13.6 Å². The van der Waals surface area contributed by atoms with Crippen LogP contribution in [0, 0.1) is 0 Å². The minimum atomic E-state index is -0.607. The van der Waals surface area contributed by atoms with Crippen LogP contribution in [0.5, 0.6) is 0 Å². The van der Waals surface area contributed by atoms with E-state index in [0.29, 0.717) is 24.3 Å². The van der Waals surface area contributed by atoms with Crippen molar-refractivity contribution in [3.63, 3.8) is 0 Å². The molecule has 144 valence electrons. The van der Waals surface area contributed by atoms with Gasteiger partial charge in [0.05, 0.1) is 12.4 Å². The highest BCUT2D eigenvalue weighted by Gasteiger charge is 2.21. The number of nitrogens with zero attached hydrogens (tertiary/aromatic N) is 5. The molecule has 0 aliphatic carbocycles. The van der Waals surface area contributed by atoms with Gasteiger partial charge in [0.2, 0.25) is 0 Å². The summed E-state index contributed by atoms with van der Waals surface area (Å²) in [5.41, 5.74) is 0.904. The average Bonchev–Trinajstić information content (AvgIpc) is 3.12. The fraction of sp³-hybridized carbons (Fsp3) is 0.421. The highest BCUT2D eigenvalue weighted by molar-refractivity contribution is 5.69. The van der Waals surface area contributed by atoms with E-state index in [-0.39, 0.29) is 11.6 Å².